The Balaban J connectivity index is 1.92. The van der Waals surface area contributed by atoms with Crippen molar-refractivity contribution in [3.05, 3.63) is 89.4 Å². The molecule has 2 aromatic heterocycles. The zero-order chi connectivity index (χ0) is 18.4. The average Bonchev–Trinajstić information content (AvgIpc) is 3.33. The highest BCUT2D eigenvalue weighted by molar-refractivity contribution is 7.12. The maximum Gasteiger partial charge on any atom is 0.265 e. The Morgan fingerprint density at radius 2 is 2.19 bits per heavy atom. The molecule has 0 radical (unpaired) electrons. The molecule has 0 saturated carbocycles. The first-order valence-corrected chi connectivity index (χ1v) is 8.81. The number of anilines is 1. The largest absolute Gasteiger partial charge is 0.405 e. The number of hydrogen-bond acceptors (Lipinski definition) is 4. The van der Waals surface area contributed by atoms with Crippen LogP contribution in [0.4, 0.5) is 5.69 Å². The second-order valence-electron chi connectivity index (χ2n) is 5.39. The van der Waals surface area contributed by atoms with Gasteiger partial charge in [0.05, 0.1) is 16.8 Å². The van der Waals surface area contributed by atoms with Gasteiger partial charge in [-0.2, -0.15) is 5.10 Å². The molecule has 3 rings (SSSR count). The van der Waals surface area contributed by atoms with Gasteiger partial charge in [-0.1, -0.05) is 36.9 Å². The van der Waals surface area contributed by atoms with Crippen LogP contribution >= 0.6 is 11.3 Å². The molecule has 3 aromatic rings. The SMILES string of the molecule is C=C/C=C(\C=C/N)c1cn[nH]c1-c1cccc(NC(=O)c2cccs2)c1. The van der Waals surface area contributed by atoms with Gasteiger partial charge in [0.15, 0.2) is 0 Å². The first kappa shape index (κ1) is 17.4. The summed E-state index contributed by atoms with van der Waals surface area (Å²) in [4.78, 5) is 12.9. The van der Waals surface area contributed by atoms with Gasteiger partial charge in [-0.05, 0) is 41.4 Å². The van der Waals surface area contributed by atoms with E-state index >= 15 is 0 Å². The van der Waals surface area contributed by atoms with Crippen molar-refractivity contribution in [3.63, 3.8) is 0 Å². The minimum Gasteiger partial charge on any atom is -0.405 e. The van der Waals surface area contributed by atoms with Crippen molar-refractivity contribution in [2.24, 2.45) is 5.73 Å². The zero-order valence-electron chi connectivity index (χ0n) is 14.0. The number of hydrogen-bond donors (Lipinski definition) is 3. The van der Waals surface area contributed by atoms with Crippen molar-refractivity contribution in [2.45, 2.75) is 0 Å². The van der Waals surface area contributed by atoms with E-state index in [2.05, 4.69) is 22.1 Å². The topological polar surface area (TPSA) is 83.8 Å². The van der Waals surface area contributed by atoms with Crippen molar-refractivity contribution in [2.75, 3.05) is 5.32 Å². The lowest BCUT2D eigenvalue weighted by Gasteiger charge is -2.08. The van der Waals surface area contributed by atoms with E-state index in [0.29, 0.717) is 10.6 Å². The second-order valence-corrected chi connectivity index (χ2v) is 6.34. The molecule has 4 N–H and O–H groups in total. The van der Waals surface area contributed by atoms with Crippen LogP contribution in [0.25, 0.3) is 16.8 Å². The first-order valence-electron chi connectivity index (χ1n) is 7.93. The summed E-state index contributed by atoms with van der Waals surface area (Å²) in [6, 6.07) is 11.2. The lowest BCUT2D eigenvalue weighted by atomic mass is 10.0. The van der Waals surface area contributed by atoms with Crippen molar-refractivity contribution >= 4 is 28.5 Å². The molecule has 0 spiro atoms. The molecule has 0 aliphatic heterocycles. The molecule has 0 atom stereocenters. The zero-order valence-corrected chi connectivity index (χ0v) is 14.8. The minimum atomic E-state index is -0.125. The Labute approximate surface area is 155 Å². The van der Waals surface area contributed by atoms with Crippen LogP contribution in [-0.2, 0) is 0 Å². The van der Waals surface area contributed by atoms with E-state index in [1.54, 1.807) is 24.4 Å². The summed E-state index contributed by atoms with van der Waals surface area (Å²) >= 11 is 1.41. The van der Waals surface area contributed by atoms with Crippen LogP contribution in [0, 0.1) is 0 Å². The van der Waals surface area contributed by atoms with Crippen molar-refractivity contribution in [1.29, 1.82) is 0 Å². The number of H-pyrrole nitrogens is 1. The third-order valence-corrected chi connectivity index (χ3v) is 4.55. The molecule has 6 heteroatoms. The molecule has 26 heavy (non-hydrogen) atoms. The number of benzene rings is 1. The second kappa shape index (κ2) is 8.13. The minimum absolute atomic E-state index is 0.125. The molecule has 0 saturated heterocycles. The number of amides is 1. The van der Waals surface area contributed by atoms with E-state index < -0.39 is 0 Å². The molecule has 1 aromatic carbocycles. The van der Waals surface area contributed by atoms with E-state index in [1.165, 1.54) is 17.5 Å². The lowest BCUT2D eigenvalue weighted by molar-refractivity contribution is 0.103. The summed E-state index contributed by atoms with van der Waals surface area (Å²) in [6.45, 7) is 3.74. The Morgan fingerprint density at radius 3 is 2.92 bits per heavy atom. The number of thiophene rings is 1. The summed E-state index contributed by atoms with van der Waals surface area (Å²) in [7, 11) is 0. The summed E-state index contributed by atoms with van der Waals surface area (Å²) in [5.74, 6) is -0.125. The summed E-state index contributed by atoms with van der Waals surface area (Å²) < 4.78 is 0. The molecule has 2 heterocycles. The number of carbonyl (C=O) groups is 1. The van der Waals surface area contributed by atoms with E-state index in [-0.39, 0.29) is 5.91 Å². The smallest absolute Gasteiger partial charge is 0.265 e. The van der Waals surface area contributed by atoms with Crippen LogP contribution in [0.3, 0.4) is 0 Å². The van der Waals surface area contributed by atoms with Gasteiger partial charge in [-0.15, -0.1) is 11.3 Å². The van der Waals surface area contributed by atoms with Gasteiger partial charge in [-0.25, -0.2) is 0 Å². The van der Waals surface area contributed by atoms with E-state index in [4.69, 9.17) is 5.73 Å². The molecule has 0 bridgehead atoms. The van der Waals surface area contributed by atoms with E-state index in [0.717, 1.165) is 22.4 Å². The lowest BCUT2D eigenvalue weighted by Crippen LogP contribution is -2.09. The number of nitrogens with two attached hydrogens (primary N) is 1. The van der Waals surface area contributed by atoms with Gasteiger partial charge in [0.25, 0.3) is 5.91 Å². The normalized spacial score (nSPS) is 11.6. The summed E-state index contributed by atoms with van der Waals surface area (Å²) in [6.07, 6.45) is 8.56. The molecule has 0 fully saturated rings. The van der Waals surface area contributed by atoms with Crippen LogP contribution in [0.5, 0.6) is 0 Å². The van der Waals surface area contributed by atoms with Crippen LogP contribution < -0.4 is 11.1 Å². The van der Waals surface area contributed by atoms with Crippen LogP contribution in [0.1, 0.15) is 15.2 Å². The van der Waals surface area contributed by atoms with Gasteiger partial charge in [0.1, 0.15) is 0 Å². The fourth-order valence-corrected chi connectivity index (χ4v) is 3.16. The molecule has 130 valence electrons. The molecule has 0 aliphatic rings. The molecular formula is C20H18N4OS. The summed E-state index contributed by atoms with van der Waals surface area (Å²) in [5, 5.41) is 12.0. The number of allylic oxidation sites excluding steroid dienone is 4. The molecule has 5 nitrogen and oxygen atoms in total. The van der Waals surface area contributed by atoms with Crippen LogP contribution in [-0.4, -0.2) is 16.1 Å². The fourth-order valence-electron chi connectivity index (χ4n) is 2.54. The quantitative estimate of drug-likeness (QED) is 0.567. The Bertz CT molecular complexity index is 967. The molecule has 0 unspecified atom stereocenters. The highest BCUT2D eigenvalue weighted by Crippen LogP contribution is 2.29. The average molecular weight is 362 g/mol. The van der Waals surface area contributed by atoms with Crippen molar-refractivity contribution < 1.29 is 4.79 Å². The van der Waals surface area contributed by atoms with E-state index in [9.17, 15) is 4.79 Å². The Morgan fingerprint density at radius 1 is 1.31 bits per heavy atom. The van der Waals surface area contributed by atoms with E-state index in [1.807, 2.05) is 41.8 Å². The van der Waals surface area contributed by atoms with Gasteiger partial charge in [0.2, 0.25) is 0 Å². The Kier molecular flexibility index (Phi) is 5.46. The highest BCUT2D eigenvalue weighted by atomic mass is 32.1. The standard InChI is InChI=1S/C20H18N4OS/c1-2-5-14(9-10-21)17-13-22-24-19(17)15-6-3-7-16(12-15)23-20(25)18-8-4-11-26-18/h2-13H,1,21H2,(H,22,24)(H,23,25)/b10-9-,14-5+. The fraction of sp³-hybridized carbons (Fsp3) is 0. The predicted molar refractivity (Wildman–Crippen MR) is 108 cm³/mol. The monoisotopic (exact) mass is 362 g/mol. The number of nitrogens with zero attached hydrogens (tertiary/aromatic N) is 1. The van der Waals surface area contributed by atoms with Crippen LogP contribution in [0.15, 0.2) is 79.0 Å². The molecular weight excluding hydrogens is 344 g/mol. The maximum atomic E-state index is 12.3. The maximum absolute atomic E-state index is 12.3. The van der Waals surface area contributed by atoms with Crippen LogP contribution in [0.2, 0.25) is 0 Å². The number of nitrogens with one attached hydrogen (secondary N) is 2. The van der Waals surface area contributed by atoms with Gasteiger partial charge >= 0.3 is 0 Å². The summed E-state index contributed by atoms with van der Waals surface area (Å²) in [5.41, 5.74) is 9.79. The molecule has 0 aliphatic carbocycles. The van der Waals surface area contributed by atoms with Gasteiger partial charge in [-0.3, -0.25) is 9.89 Å². The number of carbonyl (C=O) groups excluding carboxylic acids is 1. The Hall–Kier alpha value is -3.38. The van der Waals surface area contributed by atoms with Crippen molar-refractivity contribution in [3.8, 4) is 11.3 Å². The number of rotatable bonds is 6. The predicted octanol–water partition coefficient (Wildman–Crippen LogP) is 4.43. The number of aromatic amines is 1. The molecule has 1 amide bonds. The van der Waals surface area contributed by atoms with Gasteiger partial charge in [0, 0.05) is 16.8 Å². The van der Waals surface area contributed by atoms with Gasteiger partial charge < -0.3 is 11.1 Å². The number of aromatic nitrogens is 2. The third kappa shape index (κ3) is 3.81. The van der Waals surface area contributed by atoms with Crippen molar-refractivity contribution in [1.82, 2.24) is 10.2 Å². The third-order valence-electron chi connectivity index (χ3n) is 3.68. The first-order chi connectivity index (χ1) is 12.7. The highest BCUT2D eigenvalue weighted by Gasteiger charge is 2.12.